The lowest BCUT2D eigenvalue weighted by molar-refractivity contribution is -0.130. The molecule has 0 aliphatic carbocycles. The first-order chi connectivity index (χ1) is 10.2. The van der Waals surface area contributed by atoms with E-state index < -0.39 is 0 Å². The second kappa shape index (κ2) is 7.30. The Hall–Kier alpha value is -1.77. The summed E-state index contributed by atoms with van der Waals surface area (Å²) in [7, 11) is 1.61. The summed E-state index contributed by atoms with van der Waals surface area (Å²) in [5.74, 6) is 0.738. The average Bonchev–Trinajstić information content (AvgIpc) is 2.56. The summed E-state index contributed by atoms with van der Waals surface area (Å²) < 4.78 is 5.13. The van der Waals surface area contributed by atoms with Gasteiger partial charge in [0.15, 0.2) is 0 Å². The molecular formula is C15H18ClN3O2. The van der Waals surface area contributed by atoms with Gasteiger partial charge < -0.3 is 9.64 Å². The number of carbonyl (C=O) groups is 1. The van der Waals surface area contributed by atoms with E-state index in [2.05, 4.69) is 11.0 Å². The monoisotopic (exact) mass is 307 g/mol. The first-order valence-corrected chi connectivity index (χ1v) is 7.34. The van der Waals surface area contributed by atoms with Crippen LogP contribution in [0.15, 0.2) is 24.3 Å². The van der Waals surface area contributed by atoms with Crippen LogP contribution in [0.4, 0.5) is 0 Å². The van der Waals surface area contributed by atoms with E-state index in [0.717, 1.165) is 11.3 Å². The highest BCUT2D eigenvalue weighted by Gasteiger charge is 2.26. The Morgan fingerprint density at radius 2 is 1.95 bits per heavy atom. The van der Waals surface area contributed by atoms with Crippen LogP contribution in [0.5, 0.6) is 5.75 Å². The summed E-state index contributed by atoms with van der Waals surface area (Å²) >= 11 is 5.57. The maximum Gasteiger partial charge on any atom is 0.237 e. The van der Waals surface area contributed by atoms with Crippen molar-refractivity contribution in [2.75, 3.05) is 39.2 Å². The minimum atomic E-state index is -0.302. The second-order valence-corrected chi connectivity index (χ2v) is 5.12. The van der Waals surface area contributed by atoms with Crippen molar-refractivity contribution in [2.24, 2.45) is 0 Å². The van der Waals surface area contributed by atoms with Crippen molar-refractivity contribution in [3.05, 3.63) is 29.8 Å². The Labute approximate surface area is 129 Å². The molecule has 1 fully saturated rings. The van der Waals surface area contributed by atoms with Crippen LogP contribution in [0, 0.1) is 11.3 Å². The molecule has 1 heterocycles. The fourth-order valence-corrected chi connectivity index (χ4v) is 2.64. The number of amides is 1. The fourth-order valence-electron chi connectivity index (χ4n) is 2.47. The van der Waals surface area contributed by atoms with Crippen molar-refractivity contribution in [3.63, 3.8) is 0 Å². The van der Waals surface area contributed by atoms with Crippen LogP contribution in [-0.2, 0) is 4.79 Å². The third-order valence-electron chi connectivity index (χ3n) is 3.70. The zero-order valence-corrected chi connectivity index (χ0v) is 12.7. The highest BCUT2D eigenvalue weighted by Crippen LogP contribution is 2.23. The highest BCUT2D eigenvalue weighted by atomic mass is 35.5. The molecule has 1 aromatic carbocycles. The molecule has 0 saturated carbocycles. The number of alkyl halides is 1. The maximum atomic E-state index is 11.6. The van der Waals surface area contributed by atoms with Crippen LogP contribution < -0.4 is 4.74 Å². The number of nitrogens with zero attached hydrogens (tertiary/aromatic N) is 3. The molecule has 1 aliphatic rings. The van der Waals surface area contributed by atoms with E-state index >= 15 is 0 Å². The summed E-state index contributed by atoms with van der Waals surface area (Å²) in [6, 6.07) is 9.56. The summed E-state index contributed by atoms with van der Waals surface area (Å²) in [6.07, 6.45) is 0. The van der Waals surface area contributed by atoms with Gasteiger partial charge in [0.1, 0.15) is 17.7 Å². The van der Waals surface area contributed by atoms with E-state index in [1.54, 1.807) is 12.0 Å². The standard InChI is InChI=1S/C15H18ClN3O2/c1-21-13-4-2-12(3-5-13)14(11-17)18-6-8-19(9-7-18)15(20)10-16/h2-5,14H,6-10H2,1H3. The molecule has 0 spiro atoms. The predicted octanol–water partition coefficient (Wildman–Crippen LogP) is 1.64. The van der Waals surface area contributed by atoms with Gasteiger partial charge in [-0.2, -0.15) is 5.26 Å². The molecule has 1 amide bonds. The van der Waals surface area contributed by atoms with Gasteiger partial charge >= 0.3 is 0 Å². The zero-order valence-electron chi connectivity index (χ0n) is 12.0. The fraction of sp³-hybridized carbons (Fsp3) is 0.467. The van der Waals surface area contributed by atoms with E-state index in [1.807, 2.05) is 24.3 Å². The Balaban J connectivity index is 2.02. The molecule has 1 atom stereocenters. The van der Waals surface area contributed by atoms with Gasteiger partial charge in [-0.1, -0.05) is 12.1 Å². The van der Waals surface area contributed by atoms with E-state index in [4.69, 9.17) is 16.3 Å². The summed E-state index contributed by atoms with van der Waals surface area (Å²) in [6.45, 7) is 2.57. The van der Waals surface area contributed by atoms with Crippen molar-refractivity contribution < 1.29 is 9.53 Å². The van der Waals surface area contributed by atoms with Crippen LogP contribution in [0.3, 0.4) is 0 Å². The number of carbonyl (C=O) groups excluding carboxylic acids is 1. The first kappa shape index (κ1) is 15.6. The third kappa shape index (κ3) is 3.66. The van der Waals surface area contributed by atoms with Crippen LogP contribution in [-0.4, -0.2) is 54.9 Å². The predicted molar refractivity (Wildman–Crippen MR) is 80.2 cm³/mol. The van der Waals surface area contributed by atoms with Gasteiger partial charge in [-0.15, -0.1) is 11.6 Å². The largest absolute Gasteiger partial charge is 0.497 e. The Bertz CT molecular complexity index is 519. The molecule has 0 radical (unpaired) electrons. The number of piperazine rings is 1. The number of hydrogen-bond donors (Lipinski definition) is 0. The van der Waals surface area contributed by atoms with Gasteiger partial charge in [-0.3, -0.25) is 9.69 Å². The Kier molecular flexibility index (Phi) is 5.43. The molecular weight excluding hydrogens is 290 g/mol. The molecule has 21 heavy (non-hydrogen) atoms. The number of nitriles is 1. The highest BCUT2D eigenvalue weighted by molar-refractivity contribution is 6.27. The number of benzene rings is 1. The Morgan fingerprint density at radius 3 is 2.43 bits per heavy atom. The van der Waals surface area contributed by atoms with E-state index in [1.165, 1.54) is 0 Å². The maximum absolute atomic E-state index is 11.6. The van der Waals surface area contributed by atoms with Gasteiger partial charge in [-0.05, 0) is 17.7 Å². The van der Waals surface area contributed by atoms with Crippen LogP contribution in [0.2, 0.25) is 0 Å². The SMILES string of the molecule is COc1ccc(C(C#N)N2CCN(C(=O)CCl)CC2)cc1. The van der Waals surface area contributed by atoms with E-state index in [0.29, 0.717) is 26.2 Å². The van der Waals surface area contributed by atoms with Gasteiger partial charge in [0, 0.05) is 26.2 Å². The van der Waals surface area contributed by atoms with E-state index in [9.17, 15) is 10.1 Å². The Morgan fingerprint density at radius 1 is 1.33 bits per heavy atom. The summed E-state index contributed by atoms with van der Waals surface area (Å²) in [5.41, 5.74) is 0.940. The number of halogens is 1. The lowest BCUT2D eigenvalue weighted by atomic mass is 10.1. The zero-order chi connectivity index (χ0) is 15.2. The topological polar surface area (TPSA) is 56.6 Å². The van der Waals surface area contributed by atoms with Crippen molar-refractivity contribution >= 4 is 17.5 Å². The van der Waals surface area contributed by atoms with Gasteiger partial charge in [-0.25, -0.2) is 0 Å². The van der Waals surface area contributed by atoms with Crippen LogP contribution in [0.25, 0.3) is 0 Å². The van der Waals surface area contributed by atoms with Gasteiger partial charge in [0.25, 0.3) is 0 Å². The van der Waals surface area contributed by atoms with Crippen molar-refractivity contribution in [1.29, 1.82) is 5.26 Å². The molecule has 6 heteroatoms. The van der Waals surface area contributed by atoms with Crippen molar-refractivity contribution in [2.45, 2.75) is 6.04 Å². The second-order valence-electron chi connectivity index (χ2n) is 4.86. The first-order valence-electron chi connectivity index (χ1n) is 6.81. The van der Waals surface area contributed by atoms with Gasteiger partial charge in [0.05, 0.1) is 13.2 Å². The summed E-state index contributed by atoms with van der Waals surface area (Å²) in [5, 5.41) is 9.45. The number of methoxy groups -OCH3 is 1. The van der Waals surface area contributed by atoms with Crippen molar-refractivity contribution in [1.82, 2.24) is 9.80 Å². The molecule has 0 N–H and O–H groups in total. The molecule has 2 rings (SSSR count). The lowest BCUT2D eigenvalue weighted by Crippen LogP contribution is -2.49. The average molecular weight is 308 g/mol. The molecule has 1 aliphatic heterocycles. The van der Waals surface area contributed by atoms with Crippen molar-refractivity contribution in [3.8, 4) is 11.8 Å². The molecule has 0 bridgehead atoms. The minimum absolute atomic E-state index is 0.0140. The normalized spacial score (nSPS) is 17.1. The smallest absolute Gasteiger partial charge is 0.237 e. The van der Waals surface area contributed by atoms with E-state index in [-0.39, 0.29) is 17.8 Å². The van der Waals surface area contributed by atoms with Crippen LogP contribution in [0.1, 0.15) is 11.6 Å². The van der Waals surface area contributed by atoms with Crippen LogP contribution >= 0.6 is 11.6 Å². The van der Waals surface area contributed by atoms with Gasteiger partial charge in [0.2, 0.25) is 5.91 Å². The molecule has 1 saturated heterocycles. The quantitative estimate of drug-likeness (QED) is 0.794. The lowest BCUT2D eigenvalue weighted by Gasteiger charge is -2.36. The molecule has 1 unspecified atom stereocenters. The number of rotatable bonds is 4. The minimum Gasteiger partial charge on any atom is -0.497 e. The number of ether oxygens (including phenoxy) is 1. The number of hydrogen-bond acceptors (Lipinski definition) is 4. The molecule has 5 nitrogen and oxygen atoms in total. The molecule has 0 aromatic heterocycles. The summed E-state index contributed by atoms with van der Waals surface area (Å²) in [4.78, 5) is 15.4. The molecule has 112 valence electrons. The molecule has 1 aromatic rings. The third-order valence-corrected chi connectivity index (χ3v) is 3.93.